The minimum atomic E-state index is -1.22. The standard InChI is InChI=1S/C22H25Cl2FN2O5/c1-3-9-31-19(28)10-14(30-4-2)13-32-18-11-15(17(25)12-16(18)23)20-21(24)26-7-5-6-8-27(26)22(20)29/h3,10-12,19,28H,1,4-9,13H2,2H3/b14-10+. The first kappa shape index (κ1) is 24.4. The quantitative estimate of drug-likeness (QED) is 0.306. The molecule has 0 radical (unpaired) electrons. The Kier molecular flexibility index (Phi) is 8.42. The van der Waals surface area contributed by atoms with E-state index in [-0.39, 0.29) is 45.8 Å². The van der Waals surface area contributed by atoms with E-state index in [0.717, 1.165) is 18.9 Å². The molecule has 0 saturated carbocycles. The smallest absolute Gasteiger partial charge is 0.276 e. The Labute approximate surface area is 195 Å². The van der Waals surface area contributed by atoms with E-state index in [2.05, 4.69) is 6.58 Å². The first-order chi connectivity index (χ1) is 15.4. The third-order valence-electron chi connectivity index (χ3n) is 4.87. The monoisotopic (exact) mass is 486 g/mol. The third kappa shape index (κ3) is 5.38. The number of ether oxygens (including phenoxy) is 3. The van der Waals surface area contributed by atoms with Crippen LogP contribution in [0.5, 0.6) is 5.75 Å². The Morgan fingerprint density at radius 1 is 1.31 bits per heavy atom. The summed E-state index contributed by atoms with van der Waals surface area (Å²) >= 11 is 12.6. The zero-order chi connectivity index (χ0) is 23.3. The van der Waals surface area contributed by atoms with Crippen molar-refractivity contribution in [2.75, 3.05) is 19.8 Å². The molecule has 1 aliphatic rings. The van der Waals surface area contributed by atoms with Crippen LogP contribution in [0.15, 0.2) is 41.4 Å². The van der Waals surface area contributed by atoms with E-state index in [1.807, 2.05) is 0 Å². The van der Waals surface area contributed by atoms with Gasteiger partial charge in [0.15, 0.2) is 6.29 Å². The van der Waals surface area contributed by atoms with Crippen LogP contribution in [-0.4, -0.2) is 40.6 Å². The number of aliphatic hydroxyl groups is 1. The van der Waals surface area contributed by atoms with Crippen molar-refractivity contribution in [1.82, 2.24) is 9.36 Å². The van der Waals surface area contributed by atoms with Gasteiger partial charge >= 0.3 is 0 Å². The molecule has 0 saturated heterocycles. The average Bonchev–Trinajstić information content (AvgIpc) is 3.02. The highest BCUT2D eigenvalue weighted by Gasteiger charge is 2.25. The second-order valence-corrected chi connectivity index (χ2v) is 7.82. The number of hydrogen-bond donors (Lipinski definition) is 1. The van der Waals surface area contributed by atoms with Gasteiger partial charge in [-0.3, -0.25) is 9.48 Å². The van der Waals surface area contributed by atoms with Gasteiger partial charge in [0.2, 0.25) is 0 Å². The molecule has 3 rings (SSSR count). The van der Waals surface area contributed by atoms with Crippen molar-refractivity contribution in [3.05, 3.63) is 63.0 Å². The minimum absolute atomic E-state index is 0.00471. The second-order valence-electron chi connectivity index (χ2n) is 7.05. The maximum atomic E-state index is 14.8. The lowest BCUT2D eigenvalue weighted by molar-refractivity contribution is -0.0551. The summed E-state index contributed by atoms with van der Waals surface area (Å²) in [7, 11) is 0. The molecular weight excluding hydrogens is 462 g/mol. The predicted octanol–water partition coefficient (Wildman–Crippen LogP) is 4.38. The van der Waals surface area contributed by atoms with Crippen LogP contribution < -0.4 is 10.3 Å². The predicted molar refractivity (Wildman–Crippen MR) is 121 cm³/mol. The average molecular weight is 487 g/mol. The molecule has 10 heteroatoms. The number of rotatable bonds is 10. The SMILES string of the molecule is C=CCOC(O)/C=C(\COc1cc(-c2c(Cl)n3n(c2=O)CCCC3)c(F)cc1Cl)OCC. The van der Waals surface area contributed by atoms with E-state index in [1.54, 1.807) is 11.6 Å². The molecule has 1 aromatic carbocycles. The maximum Gasteiger partial charge on any atom is 0.276 e. The molecule has 1 aromatic heterocycles. The van der Waals surface area contributed by atoms with Gasteiger partial charge in [-0.1, -0.05) is 29.3 Å². The summed E-state index contributed by atoms with van der Waals surface area (Å²) in [5, 5.41) is 10.1. The molecule has 0 fully saturated rings. The zero-order valence-corrected chi connectivity index (χ0v) is 19.2. The van der Waals surface area contributed by atoms with Crippen LogP contribution in [0.1, 0.15) is 19.8 Å². The van der Waals surface area contributed by atoms with Gasteiger partial charge in [0.25, 0.3) is 5.56 Å². The normalized spacial score (nSPS) is 14.7. The van der Waals surface area contributed by atoms with Gasteiger partial charge in [-0.25, -0.2) is 9.07 Å². The van der Waals surface area contributed by atoms with Crippen LogP contribution in [0.4, 0.5) is 4.39 Å². The van der Waals surface area contributed by atoms with Crippen molar-refractivity contribution in [2.45, 2.75) is 39.1 Å². The molecule has 0 aliphatic carbocycles. The summed E-state index contributed by atoms with van der Waals surface area (Å²) in [5.74, 6) is -0.248. The molecular formula is C22H25Cl2FN2O5. The highest BCUT2D eigenvalue weighted by Crippen LogP contribution is 2.36. The van der Waals surface area contributed by atoms with Crippen molar-refractivity contribution in [3.8, 4) is 16.9 Å². The Morgan fingerprint density at radius 2 is 2.03 bits per heavy atom. The van der Waals surface area contributed by atoms with Crippen LogP contribution in [0.25, 0.3) is 11.1 Å². The van der Waals surface area contributed by atoms with E-state index in [1.165, 1.54) is 22.9 Å². The Hall–Kier alpha value is -2.26. The zero-order valence-electron chi connectivity index (χ0n) is 17.7. The molecule has 2 heterocycles. The molecule has 32 heavy (non-hydrogen) atoms. The minimum Gasteiger partial charge on any atom is -0.495 e. The Bertz CT molecular complexity index is 1060. The Morgan fingerprint density at radius 3 is 2.69 bits per heavy atom. The highest BCUT2D eigenvalue weighted by molar-refractivity contribution is 6.33. The van der Waals surface area contributed by atoms with Crippen molar-refractivity contribution in [3.63, 3.8) is 0 Å². The summed E-state index contributed by atoms with van der Waals surface area (Å²) in [5.41, 5.74) is -0.286. The van der Waals surface area contributed by atoms with E-state index in [4.69, 9.17) is 37.4 Å². The number of fused-ring (bicyclic) bond motifs is 1. The fourth-order valence-electron chi connectivity index (χ4n) is 3.43. The van der Waals surface area contributed by atoms with Crippen molar-refractivity contribution in [1.29, 1.82) is 0 Å². The van der Waals surface area contributed by atoms with Gasteiger partial charge in [0.1, 0.15) is 29.1 Å². The number of aromatic nitrogens is 2. The fraction of sp³-hybridized carbons (Fsp3) is 0.409. The van der Waals surface area contributed by atoms with E-state index in [0.29, 0.717) is 25.5 Å². The molecule has 0 bridgehead atoms. The molecule has 1 unspecified atom stereocenters. The summed E-state index contributed by atoms with van der Waals surface area (Å²) in [4.78, 5) is 12.9. The molecule has 1 N–H and O–H groups in total. The van der Waals surface area contributed by atoms with Gasteiger partial charge in [-0.05, 0) is 31.9 Å². The second kappa shape index (κ2) is 11.0. The van der Waals surface area contributed by atoms with E-state index >= 15 is 0 Å². The topological polar surface area (TPSA) is 74.9 Å². The number of aliphatic hydroxyl groups excluding tert-OH is 1. The number of halogens is 3. The van der Waals surface area contributed by atoms with E-state index < -0.39 is 12.1 Å². The molecule has 1 atom stereocenters. The molecule has 2 aromatic rings. The molecule has 0 spiro atoms. The summed E-state index contributed by atoms with van der Waals surface area (Å²) in [6.07, 6.45) is 3.37. The molecule has 7 nitrogen and oxygen atoms in total. The number of benzene rings is 1. The van der Waals surface area contributed by atoms with Crippen molar-refractivity contribution < 1.29 is 23.7 Å². The lowest BCUT2D eigenvalue weighted by atomic mass is 10.1. The first-order valence-electron chi connectivity index (χ1n) is 10.2. The summed E-state index contributed by atoms with van der Waals surface area (Å²) < 4.78 is 34.3. The van der Waals surface area contributed by atoms with Crippen LogP contribution in [0.3, 0.4) is 0 Å². The summed E-state index contributed by atoms with van der Waals surface area (Å²) in [6.45, 7) is 6.78. The van der Waals surface area contributed by atoms with Gasteiger partial charge in [-0.15, -0.1) is 6.58 Å². The van der Waals surface area contributed by atoms with E-state index in [9.17, 15) is 14.3 Å². The third-order valence-corrected chi connectivity index (χ3v) is 5.55. The molecule has 1 aliphatic heterocycles. The van der Waals surface area contributed by atoms with Crippen LogP contribution in [0.2, 0.25) is 10.2 Å². The lowest BCUT2D eigenvalue weighted by Crippen LogP contribution is -2.27. The number of hydrogen-bond acceptors (Lipinski definition) is 5. The van der Waals surface area contributed by atoms with Gasteiger partial charge in [0.05, 0.1) is 23.8 Å². The summed E-state index contributed by atoms with van der Waals surface area (Å²) in [6, 6.07) is 2.43. The lowest BCUT2D eigenvalue weighted by Gasteiger charge is -2.17. The maximum absolute atomic E-state index is 14.8. The van der Waals surface area contributed by atoms with Gasteiger partial charge < -0.3 is 19.3 Å². The van der Waals surface area contributed by atoms with Crippen LogP contribution in [0, 0.1) is 5.82 Å². The van der Waals surface area contributed by atoms with Crippen LogP contribution >= 0.6 is 23.2 Å². The van der Waals surface area contributed by atoms with Crippen molar-refractivity contribution >= 4 is 23.2 Å². The van der Waals surface area contributed by atoms with Gasteiger partial charge in [0, 0.05) is 24.7 Å². The molecule has 0 amide bonds. The number of nitrogens with zero attached hydrogens (tertiary/aromatic N) is 2. The highest BCUT2D eigenvalue weighted by atomic mass is 35.5. The van der Waals surface area contributed by atoms with Crippen LogP contribution in [-0.2, 0) is 22.6 Å². The largest absolute Gasteiger partial charge is 0.495 e. The molecule has 174 valence electrons. The first-order valence-corrected chi connectivity index (χ1v) is 11.0. The Balaban J connectivity index is 1.89. The fourth-order valence-corrected chi connectivity index (χ4v) is 3.99. The van der Waals surface area contributed by atoms with Crippen molar-refractivity contribution in [2.24, 2.45) is 0 Å². The van der Waals surface area contributed by atoms with Gasteiger partial charge in [-0.2, -0.15) is 0 Å².